The van der Waals surface area contributed by atoms with Gasteiger partial charge < -0.3 is 10.1 Å². The van der Waals surface area contributed by atoms with Crippen molar-refractivity contribution in [1.29, 1.82) is 0 Å². The van der Waals surface area contributed by atoms with E-state index in [9.17, 15) is 14.4 Å². The smallest absolute Gasteiger partial charge is 0.250 e. The highest BCUT2D eigenvalue weighted by Crippen LogP contribution is 2.27. The Morgan fingerprint density at radius 3 is 2.53 bits per heavy atom. The molecule has 4 rings (SSSR count). The lowest BCUT2D eigenvalue weighted by atomic mass is 10.0. The van der Waals surface area contributed by atoms with Gasteiger partial charge in [0, 0.05) is 36.4 Å². The van der Waals surface area contributed by atoms with Gasteiger partial charge in [0.05, 0.1) is 18.4 Å². The number of methoxy groups -OCH3 is 1. The van der Waals surface area contributed by atoms with E-state index in [0.29, 0.717) is 22.0 Å². The molecule has 0 unspecified atom stereocenters. The number of carbonyl (C=O) groups is 3. The number of carbonyl (C=O) groups excluding carboxylic acids is 3. The summed E-state index contributed by atoms with van der Waals surface area (Å²) in [5, 5.41) is 11.7. The lowest BCUT2D eigenvalue weighted by Crippen LogP contribution is -2.15. The lowest BCUT2D eigenvalue weighted by Gasteiger charge is -2.08. The van der Waals surface area contributed by atoms with E-state index < -0.39 is 0 Å². The van der Waals surface area contributed by atoms with E-state index in [2.05, 4.69) is 20.7 Å². The van der Waals surface area contributed by atoms with Crippen LogP contribution >= 0.6 is 11.3 Å². The molecule has 0 aliphatic heterocycles. The van der Waals surface area contributed by atoms with Crippen LogP contribution in [-0.2, 0) is 9.59 Å². The summed E-state index contributed by atoms with van der Waals surface area (Å²) in [7, 11) is 1.51. The SMILES string of the molecule is COc1ccc(C)cc1C(=O)CCC(=O)Nc1nc2scc(-c3ccc(NC(C)=O)cc3)n2n1. The number of ketones is 1. The molecule has 10 heteroatoms. The zero-order valence-electron chi connectivity index (χ0n) is 18.9. The number of hydrogen-bond acceptors (Lipinski definition) is 7. The van der Waals surface area contributed by atoms with Crippen molar-refractivity contribution in [1.82, 2.24) is 14.6 Å². The van der Waals surface area contributed by atoms with Gasteiger partial charge in [-0.2, -0.15) is 4.98 Å². The second kappa shape index (κ2) is 9.84. The molecule has 2 heterocycles. The number of amides is 2. The van der Waals surface area contributed by atoms with Crippen LogP contribution in [0.5, 0.6) is 5.75 Å². The first-order valence-corrected chi connectivity index (χ1v) is 11.4. The van der Waals surface area contributed by atoms with Crippen LogP contribution in [0.4, 0.5) is 11.6 Å². The zero-order valence-corrected chi connectivity index (χ0v) is 19.7. The molecule has 2 aromatic carbocycles. The van der Waals surface area contributed by atoms with Gasteiger partial charge in [0.15, 0.2) is 5.78 Å². The lowest BCUT2D eigenvalue weighted by molar-refractivity contribution is -0.116. The monoisotopic (exact) mass is 477 g/mol. The van der Waals surface area contributed by atoms with Crippen LogP contribution < -0.4 is 15.4 Å². The average Bonchev–Trinajstić information content (AvgIpc) is 3.38. The van der Waals surface area contributed by atoms with E-state index in [1.165, 1.54) is 25.4 Å². The van der Waals surface area contributed by atoms with Crippen LogP contribution in [0.2, 0.25) is 0 Å². The first-order chi connectivity index (χ1) is 16.3. The molecule has 0 saturated heterocycles. The summed E-state index contributed by atoms with van der Waals surface area (Å²) < 4.78 is 6.91. The number of ether oxygens (including phenoxy) is 1. The predicted molar refractivity (Wildman–Crippen MR) is 131 cm³/mol. The molecule has 0 saturated carbocycles. The minimum atomic E-state index is -0.348. The van der Waals surface area contributed by atoms with Gasteiger partial charge in [-0.3, -0.25) is 19.7 Å². The molecule has 9 nitrogen and oxygen atoms in total. The molecule has 0 aliphatic rings. The third kappa shape index (κ3) is 5.12. The predicted octanol–water partition coefficient (Wildman–Crippen LogP) is 4.33. The molecule has 0 spiro atoms. The van der Waals surface area contributed by atoms with E-state index in [1.807, 2.05) is 30.5 Å². The van der Waals surface area contributed by atoms with Crippen LogP contribution in [0.3, 0.4) is 0 Å². The number of aromatic nitrogens is 3. The van der Waals surface area contributed by atoms with Crippen molar-refractivity contribution in [3.8, 4) is 17.0 Å². The van der Waals surface area contributed by atoms with Gasteiger partial charge in [-0.25, -0.2) is 4.52 Å². The Kier molecular flexibility index (Phi) is 6.69. The molecule has 2 aromatic heterocycles. The van der Waals surface area contributed by atoms with Crippen LogP contribution in [0, 0.1) is 6.92 Å². The molecule has 174 valence electrons. The van der Waals surface area contributed by atoms with E-state index in [-0.39, 0.29) is 36.4 Å². The van der Waals surface area contributed by atoms with Crippen molar-refractivity contribution in [3.63, 3.8) is 0 Å². The van der Waals surface area contributed by atoms with Gasteiger partial charge in [0.2, 0.25) is 22.7 Å². The number of aryl methyl sites for hydroxylation is 1. The number of rotatable bonds is 8. The number of benzene rings is 2. The maximum atomic E-state index is 12.6. The Balaban J connectivity index is 1.42. The summed E-state index contributed by atoms with van der Waals surface area (Å²) in [6.45, 7) is 3.35. The summed E-state index contributed by atoms with van der Waals surface area (Å²) in [6, 6.07) is 12.7. The summed E-state index contributed by atoms with van der Waals surface area (Å²) in [5.74, 6) is 0.0131. The first-order valence-electron chi connectivity index (χ1n) is 10.5. The average molecular weight is 478 g/mol. The van der Waals surface area contributed by atoms with Crippen molar-refractivity contribution >= 4 is 45.5 Å². The molecular weight excluding hydrogens is 454 g/mol. The zero-order chi connectivity index (χ0) is 24.2. The molecule has 0 radical (unpaired) electrons. The fourth-order valence-electron chi connectivity index (χ4n) is 3.45. The largest absolute Gasteiger partial charge is 0.496 e. The van der Waals surface area contributed by atoms with Crippen LogP contribution in [0.15, 0.2) is 47.8 Å². The van der Waals surface area contributed by atoms with Crippen LogP contribution in [0.25, 0.3) is 16.2 Å². The highest BCUT2D eigenvalue weighted by Gasteiger charge is 2.17. The third-order valence-electron chi connectivity index (χ3n) is 5.07. The Bertz CT molecular complexity index is 1370. The molecule has 0 bridgehead atoms. The molecule has 2 N–H and O–H groups in total. The molecule has 0 atom stereocenters. The molecule has 2 amide bonds. The van der Waals surface area contributed by atoms with Crippen molar-refractivity contribution < 1.29 is 19.1 Å². The fraction of sp³-hybridized carbons (Fsp3) is 0.208. The maximum absolute atomic E-state index is 12.6. The second-order valence-corrected chi connectivity index (χ2v) is 8.52. The summed E-state index contributed by atoms with van der Waals surface area (Å²) in [5.41, 5.74) is 3.80. The van der Waals surface area contributed by atoms with Gasteiger partial charge >= 0.3 is 0 Å². The molecule has 0 aliphatic carbocycles. The molecule has 34 heavy (non-hydrogen) atoms. The Morgan fingerprint density at radius 1 is 1.06 bits per heavy atom. The quantitative estimate of drug-likeness (QED) is 0.365. The van der Waals surface area contributed by atoms with Gasteiger partial charge in [0.25, 0.3) is 0 Å². The van der Waals surface area contributed by atoms with Gasteiger partial charge in [-0.05, 0) is 31.2 Å². The van der Waals surface area contributed by atoms with Gasteiger partial charge in [-0.15, -0.1) is 16.4 Å². The number of Topliss-reactive ketones (excluding diaryl/α,β-unsaturated/α-hetero) is 1. The summed E-state index contributed by atoms with van der Waals surface area (Å²) >= 11 is 1.39. The summed E-state index contributed by atoms with van der Waals surface area (Å²) in [6.07, 6.45) is 0.0417. The number of nitrogens with zero attached hydrogens (tertiary/aromatic N) is 3. The standard InChI is InChI=1S/C24H23N5O4S/c1-14-4-10-21(33-3)18(12-14)20(31)9-11-22(32)26-23-27-24-29(28-23)19(13-34-24)16-5-7-17(8-6-16)25-15(2)30/h4-8,10,12-13H,9,11H2,1-3H3,(H,25,30)(H,26,28,32). The van der Waals surface area contributed by atoms with E-state index in [1.54, 1.807) is 28.8 Å². The highest BCUT2D eigenvalue weighted by atomic mass is 32.1. The maximum Gasteiger partial charge on any atom is 0.250 e. The third-order valence-corrected chi connectivity index (χ3v) is 5.88. The van der Waals surface area contributed by atoms with E-state index >= 15 is 0 Å². The normalized spacial score (nSPS) is 10.8. The van der Waals surface area contributed by atoms with Gasteiger partial charge in [-0.1, -0.05) is 23.8 Å². The number of nitrogens with one attached hydrogen (secondary N) is 2. The van der Waals surface area contributed by atoms with E-state index in [0.717, 1.165) is 16.8 Å². The number of hydrogen-bond donors (Lipinski definition) is 2. The van der Waals surface area contributed by atoms with Crippen molar-refractivity contribution in [2.45, 2.75) is 26.7 Å². The highest BCUT2D eigenvalue weighted by molar-refractivity contribution is 7.15. The van der Waals surface area contributed by atoms with Crippen molar-refractivity contribution in [2.24, 2.45) is 0 Å². The van der Waals surface area contributed by atoms with Crippen molar-refractivity contribution in [3.05, 3.63) is 59.0 Å². The fourth-order valence-corrected chi connectivity index (χ4v) is 4.28. The molecule has 4 aromatic rings. The minimum absolute atomic E-state index is 0.000251. The Morgan fingerprint density at radius 2 is 1.82 bits per heavy atom. The Hall–Kier alpha value is -4.05. The number of thiazole rings is 1. The van der Waals surface area contributed by atoms with Crippen molar-refractivity contribution in [2.75, 3.05) is 17.7 Å². The topological polar surface area (TPSA) is 115 Å². The number of fused-ring (bicyclic) bond motifs is 1. The van der Waals surface area contributed by atoms with E-state index in [4.69, 9.17) is 4.74 Å². The minimum Gasteiger partial charge on any atom is -0.496 e. The second-order valence-electron chi connectivity index (χ2n) is 7.68. The molecule has 0 fully saturated rings. The number of anilines is 2. The first kappa shape index (κ1) is 23.1. The summed E-state index contributed by atoms with van der Waals surface area (Å²) in [4.78, 5) is 41.2. The van der Waals surface area contributed by atoms with Crippen LogP contribution in [-0.4, -0.2) is 39.3 Å². The van der Waals surface area contributed by atoms with Crippen LogP contribution in [0.1, 0.15) is 35.7 Å². The van der Waals surface area contributed by atoms with Gasteiger partial charge in [0.1, 0.15) is 5.75 Å². The molecular formula is C24H23N5O4S. The Labute approximate surface area is 199 Å².